The molecule has 2 fully saturated rings. The second-order valence-corrected chi connectivity index (χ2v) is 16.5. The lowest BCUT2D eigenvalue weighted by Crippen LogP contribution is -2.55. The van der Waals surface area contributed by atoms with Crippen LogP contribution in [0.1, 0.15) is 77.0 Å². The lowest BCUT2D eigenvalue weighted by Gasteiger charge is -2.51. The minimum absolute atomic E-state index is 0.161. The Morgan fingerprint density at radius 3 is 2.37 bits per heavy atom. The average Bonchev–Trinajstić information content (AvgIpc) is 2.95. The first-order chi connectivity index (χ1) is 21.9. The van der Waals surface area contributed by atoms with Gasteiger partial charge in [0.2, 0.25) is 11.8 Å². The number of aromatic nitrogens is 2. The predicted molar refractivity (Wildman–Crippen MR) is 186 cm³/mol. The summed E-state index contributed by atoms with van der Waals surface area (Å²) < 4.78 is 29.4. The van der Waals surface area contributed by atoms with Crippen molar-refractivity contribution in [2.75, 3.05) is 24.4 Å². The Kier molecular flexibility index (Phi) is 9.88. The molecule has 0 spiro atoms. The van der Waals surface area contributed by atoms with Crippen molar-refractivity contribution >= 4 is 16.9 Å². The van der Waals surface area contributed by atoms with Crippen molar-refractivity contribution < 1.29 is 13.7 Å². The number of fused-ring (bicyclic) bond motifs is 4. The number of hydrogen-bond acceptors (Lipinski definition) is 6. The molecule has 0 radical (unpaired) electrons. The number of hydrogen-bond donors (Lipinski definition) is 1. The molecule has 2 unspecified atom stereocenters. The smallest absolute Gasteiger partial charge is 0.238 e. The monoisotopic (exact) mass is 644 g/mol. The maximum absolute atomic E-state index is 13.6. The summed E-state index contributed by atoms with van der Waals surface area (Å²) in [6, 6.07) is 17.1. The van der Waals surface area contributed by atoms with Crippen LogP contribution in [0.5, 0.6) is 5.88 Å². The SMILES string of the molecule is Cc1cccc(C)c1-c1cc2nc(n1)NS(=O)c1cccc(c1)CCC(C1CC(N3C[C@@H](C)O[C@@H](C)C3)C1)[C@H](CC(C)(C)C)CO2. The zero-order chi connectivity index (χ0) is 32.6. The van der Waals surface area contributed by atoms with Crippen LogP contribution in [0.4, 0.5) is 5.95 Å². The Morgan fingerprint density at radius 2 is 1.67 bits per heavy atom. The lowest BCUT2D eigenvalue weighted by atomic mass is 9.63. The maximum atomic E-state index is 13.6. The molecule has 1 N–H and O–H groups in total. The van der Waals surface area contributed by atoms with Gasteiger partial charge in [-0.15, -0.1) is 0 Å². The first-order valence-electron chi connectivity index (χ1n) is 17.2. The Labute approximate surface area is 278 Å². The van der Waals surface area contributed by atoms with E-state index in [1.165, 1.54) is 18.4 Å². The van der Waals surface area contributed by atoms with Crippen LogP contribution < -0.4 is 9.46 Å². The number of anilines is 1. The molecule has 1 saturated heterocycles. The van der Waals surface area contributed by atoms with Crippen molar-refractivity contribution in [1.29, 1.82) is 0 Å². The van der Waals surface area contributed by atoms with E-state index in [-0.39, 0.29) is 17.6 Å². The second-order valence-electron chi connectivity index (χ2n) is 15.3. The highest BCUT2D eigenvalue weighted by Crippen LogP contribution is 2.46. The van der Waals surface area contributed by atoms with Gasteiger partial charge in [0.25, 0.3) is 0 Å². The van der Waals surface area contributed by atoms with Crippen LogP contribution in [0, 0.1) is 37.0 Å². The molecule has 1 aromatic heterocycles. The van der Waals surface area contributed by atoms with Crippen molar-refractivity contribution in [1.82, 2.24) is 14.9 Å². The van der Waals surface area contributed by atoms with E-state index >= 15 is 0 Å². The van der Waals surface area contributed by atoms with E-state index in [4.69, 9.17) is 19.4 Å². The summed E-state index contributed by atoms with van der Waals surface area (Å²) in [6.45, 7) is 18.3. The molecule has 7 nitrogen and oxygen atoms in total. The van der Waals surface area contributed by atoms with E-state index in [0.29, 0.717) is 42.2 Å². The quantitative estimate of drug-likeness (QED) is 0.313. The molecular weight excluding hydrogens is 593 g/mol. The van der Waals surface area contributed by atoms with Crippen LogP contribution in [0.15, 0.2) is 53.4 Å². The van der Waals surface area contributed by atoms with E-state index in [2.05, 4.69) is 88.4 Å². The molecule has 5 atom stereocenters. The van der Waals surface area contributed by atoms with Gasteiger partial charge in [0, 0.05) is 30.8 Å². The number of rotatable bonds is 4. The van der Waals surface area contributed by atoms with Crippen LogP contribution in [-0.4, -0.2) is 57.0 Å². The fourth-order valence-electron chi connectivity index (χ4n) is 8.15. The Hall–Kier alpha value is -2.81. The van der Waals surface area contributed by atoms with Gasteiger partial charge in [0.15, 0.2) is 11.0 Å². The van der Waals surface area contributed by atoms with Crippen LogP contribution in [0.2, 0.25) is 0 Å². The molecule has 248 valence electrons. The van der Waals surface area contributed by atoms with E-state index in [9.17, 15) is 4.21 Å². The third-order valence-corrected chi connectivity index (χ3v) is 11.2. The molecule has 2 aliphatic heterocycles. The zero-order valence-electron chi connectivity index (χ0n) is 28.7. The summed E-state index contributed by atoms with van der Waals surface area (Å²) >= 11 is 0. The Balaban J connectivity index is 1.34. The molecule has 1 saturated carbocycles. The van der Waals surface area contributed by atoms with Crippen LogP contribution >= 0.6 is 0 Å². The van der Waals surface area contributed by atoms with Gasteiger partial charge in [-0.25, -0.2) is 9.19 Å². The lowest BCUT2D eigenvalue weighted by molar-refractivity contribution is -0.103. The van der Waals surface area contributed by atoms with Gasteiger partial charge in [-0.2, -0.15) is 4.98 Å². The summed E-state index contributed by atoms with van der Waals surface area (Å²) in [6.07, 6.45) is 6.16. The van der Waals surface area contributed by atoms with Crippen molar-refractivity contribution in [3.63, 3.8) is 0 Å². The predicted octanol–water partition coefficient (Wildman–Crippen LogP) is 7.78. The van der Waals surface area contributed by atoms with E-state index in [1.807, 2.05) is 18.2 Å². The zero-order valence-corrected chi connectivity index (χ0v) is 29.5. The molecule has 1 aliphatic carbocycles. The Morgan fingerprint density at radius 1 is 0.978 bits per heavy atom. The van der Waals surface area contributed by atoms with Crippen molar-refractivity contribution in [3.05, 3.63) is 65.2 Å². The number of aryl methyl sites for hydroxylation is 3. The summed E-state index contributed by atoms with van der Waals surface area (Å²) in [5.74, 6) is 2.38. The van der Waals surface area contributed by atoms with E-state index < -0.39 is 11.0 Å². The van der Waals surface area contributed by atoms with Gasteiger partial charge in [-0.05, 0) is 112 Å². The molecule has 2 aromatic carbocycles. The molecule has 3 aromatic rings. The third kappa shape index (κ3) is 7.83. The summed E-state index contributed by atoms with van der Waals surface area (Å²) in [7, 11) is -1.51. The normalized spacial score (nSPS) is 29.2. The first kappa shape index (κ1) is 33.1. The molecule has 0 amide bonds. The van der Waals surface area contributed by atoms with Gasteiger partial charge < -0.3 is 9.47 Å². The highest BCUT2D eigenvalue weighted by Gasteiger charge is 2.43. The van der Waals surface area contributed by atoms with Gasteiger partial charge in [0.05, 0.1) is 29.4 Å². The van der Waals surface area contributed by atoms with Crippen molar-refractivity contribution in [2.24, 2.45) is 23.2 Å². The van der Waals surface area contributed by atoms with Crippen molar-refractivity contribution in [3.8, 4) is 17.1 Å². The van der Waals surface area contributed by atoms with E-state index in [1.54, 1.807) is 0 Å². The molecular formula is C38H52N4O3S. The average molecular weight is 645 g/mol. The fraction of sp³-hybridized carbons (Fsp3) is 0.579. The summed E-state index contributed by atoms with van der Waals surface area (Å²) in [5.41, 5.74) is 5.49. The number of nitrogens with zero attached hydrogens (tertiary/aromatic N) is 3. The number of ether oxygens (including phenoxy) is 2. The van der Waals surface area contributed by atoms with Gasteiger partial charge in [-0.3, -0.25) is 9.62 Å². The topological polar surface area (TPSA) is 76.6 Å². The second kappa shape index (κ2) is 13.7. The van der Waals surface area contributed by atoms with Gasteiger partial charge >= 0.3 is 0 Å². The summed E-state index contributed by atoms with van der Waals surface area (Å²) in [4.78, 5) is 13.0. The summed E-state index contributed by atoms with van der Waals surface area (Å²) in [5, 5.41) is 0. The highest BCUT2D eigenvalue weighted by molar-refractivity contribution is 7.86. The number of nitrogens with one attached hydrogen (secondary N) is 1. The Bertz CT molecular complexity index is 1520. The third-order valence-electron chi connectivity index (χ3n) is 10.1. The molecule has 8 heteroatoms. The minimum atomic E-state index is -1.51. The molecule has 3 heterocycles. The van der Waals surface area contributed by atoms with Crippen LogP contribution in [0.3, 0.4) is 0 Å². The number of benzene rings is 2. The number of morpholine rings is 1. The molecule has 3 aliphatic rings. The van der Waals surface area contributed by atoms with E-state index in [0.717, 1.165) is 59.6 Å². The van der Waals surface area contributed by atoms with Gasteiger partial charge in [0.1, 0.15) is 0 Å². The molecule has 4 bridgehead atoms. The standard InChI is InChI=1S/C38H52N4O3S/c1-24-10-8-11-25(2)36(24)34-19-35-40-37(39-34)41-46(43)32-13-9-12-28(16-32)14-15-33(30(23-44-35)20-38(5,6)7)29-17-31(18-29)42-21-26(3)45-27(4)22-42/h8-13,16,19,26-27,29-31,33H,14-15,17-18,20-23H2,1-7H3,(H,39,40,41)/t26-,27+,29?,30-,31?,33?,46?/m1/s1. The largest absolute Gasteiger partial charge is 0.477 e. The highest BCUT2D eigenvalue weighted by atomic mass is 32.2. The van der Waals surface area contributed by atoms with Gasteiger partial charge in [-0.1, -0.05) is 51.1 Å². The van der Waals surface area contributed by atoms with Crippen LogP contribution in [0.25, 0.3) is 11.3 Å². The minimum Gasteiger partial charge on any atom is -0.477 e. The molecule has 46 heavy (non-hydrogen) atoms. The van der Waals surface area contributed by atoms with Crippen molar-refractivity contribution in [2.45, 2.75) is 104 Å². The van der Waals surface area contributed by atoms with Crippen LogP contribution in [-0.2, 0) is 22.1 Å². The first-order valence-corrected chi connectivity index (χ1v) is 18.3. The maximum Gasteiger partial charge on any atom is 0.238 e. The molecule has 6 rings (SSSR count). The fourth-order valence-corrected chi connectivity index (χ4v) is 8.98.